The summed E-state index contributed by atoms with van der Waals surface area (Å²) >= 11 is 0. The number of carbonyl (C=O) groups is 1. The van der Waals surface area contributed by atoms with Crippen LogP contribution in [0.2, 0.25) is 0 Å². The van der Waals surface area contributed by atoms with Crippen LogP contribution in [-0.4, -0.2) is 28.6 Å². The fraction of sp³-hybridized carbons (Fsp3) is 0.385. The summed E-state index contributed by atoms with van der Waals surface area (Å²) < 4.78 is 35.5. The van der Waals surface area contributed by atoms with E-state index >= 15 is 0 Å². The molecule has 0 unspecified atom stereocenters. The number of aromatic amines is 1. The normalized spacial score (nSPS) is 18.6. The molecule has 0 spiro atoms. The average molecular weight is 535 g/mol. The van der Waals surface area contributed by atoms with Crippen LogP contribution in [0, 0.1) is 12.8 Å². The van der Waals surface area contributed by atoms with Gasteiger partial charge in [-0.15, -0.1) is 0 Å². The van der Waals surface area contributed by atoms with Gasteiger partial charge < -0.3 is 26.8 Å². The van der Waals surface area contributed by atoms with Crippen LogP contribution in [-0.2, 0) is 28.1 Å². The summed E-state index contributed by atoms with van der Waals surface area (Å²) in [6, 6.07) is 18.3. The van der Waals surface area contributed by atoms with Crippen LogP contribution in [0.25, 0.3) is 0 Å². The van der Waals surface area contributed by atoms with Gasteiger partial charge in [-0.3, -0.25) is 0 Å². The number of rotatable bonds is 8. The average Bonchev–Trinajstić information content (AvgIpc) is 3.36. The Kier molecular flexibility index (Phi) is 8.25. The number of H-pyrrole nitrogens is 1. The van der Waals surface area contributed by atoms with E-state index in [1.807, 2.05) is 43.5 Å². The first-order chi connectivity index (χ1) is 15.8. The zero-order valence-corrected chi connectivity index (χ0v) is 20.6. The summed E-state index contributed by atoms with van der Waals surface area (Å²) in [6.07, 6.45) is 1.47. The molecule has 1 aromatic heterocycles. The molecule has 1 saturated carbocycles. The number of nitrogens with zero attached hydrogens (tertiary/aromatic N) is 1. The van der Waals surface area contributed by atoms with Gasteiger partial charge in [0.2, 0.25) is 5.92 Å². The second kappa shape index (κ2) is 10.8. The Morgan fingerprint density at radius 2 is 1.82 bits per heavy atom. The van der Waals surface area contributed by atoms with E-state index in [0.29, 0.717) is 13.0 Å². The minimum Gasteiger partial charge on any atom is -1.00 e. The molecular formula is C26H29BrF2N2O3. The van der Waals surface area contributed by atoms with Gasteiger partial charge in [0.05, 0.1) is 6.61 Å². The van der Waals surface area contributed by atoms with E-state index in [2.05, 4.69) is 9.55 Å². The van der Waals surface area contributed by atoms with Crippen molar-refractivity contribution >= 4 is 5.97 Å². The number of nitrogens with one attached hydrogen (secondary N) is 1. The molecule has 2 atom stereocenters. The van der Waals surface area contributed by atoms with E-state index < -0.39 is 29.8 Å². The van der Waals surface area contributed by atoms with Crippen molar-refractivity contribution in [3.8, 4) is 0 Å². The monoisotopic (exact) mass is 534 g/mol. The molecule has 8 heteroatoms. The van der Waals surface area contributed by atoms with E-state index in [1.165, 1.54) is 0 Å². The second-order valence-corrected chi connectivity index (χ2v) is 8.75. The quantitative estimate of drug-likeness (QED) is 0.335. The molecule has 4 rings (SSSR count). The predicted molar refractivity (Wildman–Crippen MR) is 119 cm³/mol. The van der Waals surface area contributed by atoms with E-state index in [1.54, 1.807) is 30.3 Å². The van der Waals surface area contributed by atoms with Gasteiger partial charge in [-0.2, -0.15) is 0 Å². The number of aliphatic hydroxyl groups is 1. The van der Waals surface area contributed by atoms with Gasteiger partial charge >= 0.3 is 5.97 Å². The van der Waals surface area contributed by atoms with Gasteiger partial charge in [0, 0.05) is 32.1 Å². The number of imidazole rings is 1. The zero-order chi connectivity index (χ0) is 23.5. The van der Waals surface area contributed by atoms with Crippen molar-refractivity contribution in [1.82, 2.24) is 4.98 Å². The Morgan fingerprint density at radius 1 is 1.18 bits per heavy atom. The lowest BCUT2D eigenvalue weighted by atomic mass is 9.80. The molecule has 34 heavy (non-hydrogen) atoms. The van der Waals surface area contributed by atoms with Gasteiger partial charge in [0.25, 0.3) is 5.82 Å². The van der Waals surface area contributed by atoms with Crippen molar-refractivity contribution in [2.45, 2.75) is 50.7 Å². The van der Waals surface area contributed by atoms with Crippen LogP contribution >= 0.6 is 0 Å². The van der Waals surface area contributed by atoms with Crippen LogP contribution in [0.15, 0.2) is 66.9 Å². The number of aromatic nitrogens is 2. The third-order valence-corrected chi connectivity index (χ3v) is 6.49. The highest BCUT2D eigenvalue weighted by molar-refractivity contribution is 5.81. The number of hydrogen-bond acceptors (Lipinski definition) is 3. The molecule has 182 valence electrons. The Hall–Kier alpha value is -2.58. The molecular weight excluding hydrogens is 506 g/mol. The summed E-state index contributed by atoms with van der Waals surface area (Å²) in [7, 11) is 0. The third kappa shape index (κ3) is 5.55. The molecule has 0 bridgehead atoms. The van der Waals surface area contributed by atoms with Gasteiger partial charge in [-0.1, -0.05) is 60.7 Å². The molecule has 5 nitrogen and oxygen atoms in total. The molecule has 1 fully saturated rings. The van der Waals surface area contributed by atoms with Crippen molar-refractivity contribution in [2.75, 3.05) is 6.61 Å². The molecule has 1 aliphatic rings. The van der Waals surface area contributed by atoms with Crippen LogP contribution in [0.5, 0.6) is 0 Å². The molecule has 0 radical (unpaired) electrons. The van der Waals surface area contributed by atoms with E-state index in [4.69, 9.17) is 4.74 Å². The predicted octanol–water partition coefficient (Wildman–Crippen LogP) is 1.07. The lowest BCUT2D eigenvalue weighted by molar-refractivity contribution is -0.700. The maximum atomic E-state index is 13.9. The summed E-state index contributed by atoms with van der Waals surface area (Å²) in [5.74, 6) is -3.70. The second-order valence-electron chi connectivity index (χ2n) is 8.75. The number of halogens is 3. The fourth-order valence-corrected chi connectivity index (χ4v) is 4.63. The number of esters is 1. The van der Waals surface area contributed by atoms with Crippen molar-refractivity contribution in [2.24, 2.45) is 5.92 Å². The van der Waals surface area contributed by atoms with Crippen molar-refractivity contribution < 1.29 is 45.0 Å². The molecule has 0 amide bonds. The summed E-state index contributed by atoms with van der Waals surface area (Å²) in [5.41, 5.74) is 0.271. The molecule has 1 aliphatic carbocycles. The lowest BCUT2D eigenvalue weighted by Gasteiger charge is -2.32. The van der Waals surface area contributed by atoms with Crippen molar-refractivity contribution in [3.63, 3.8) is 0 Å². The fourth-order valence-electron chi connectivity index (χ4n) is 4.63. The van der Waals surface area contributed by atoms with Crippen LogP contribution in [0.4, 0.5) is 8.78 Å². The van der Waals surface area contributed by atoms with Gasteiger partial charge in [0.1, 0.15) is 18.4 Å². The smallest absolute Gasteiger partial charge is 0.343 e. The molecule has 0 aliphatic heterocycles. The topological polar surface area (TPSA) is 66.2 Å². The molecule has 3 aromatic rings. The first kappa shape index (κ1) is 26.0. The van der Waals surface area contributed by atoms with Crippen LogP contribution in [0.3, 0.4) is 0 Å². The summed E-state index contributed by atoms with van der Waals surface area (Å²) in [4.78, 5) is 16.3. The first-order valence-electron chi connectivity index (χ1n) is 11.2. The van der Waals surface area contributed by atoms with Crippen molar-refractivity contribution in [1.29, 1.82) is 0 Å². The van der Waals surface area contributed by atoms with Gasteiger partial charge in [0.15, 0.2) is 5.60 Å². The number of hydrogen-bond donors (Lipinski definition) is 2. The van der Waals surface area contributed by atoms with E-state index in [9.17, 15) is 18.7 Å². The Morgan fingerprint density at radius 3 is 2.44 bits per heavy atom. The molecule has 0 saturated heterocycles. The number of aryl methyl sites for hydroxylation is 1. The van der Waals surface area contributed by atoms with E-state index in [0.717, 1.165) is 17.1 Å². The lowest BCUT2D eigenvalue weighted by Crippen LogP contribution is -3.00. The standard InChI is InChI=1S/C26H28F2N2O3.BrH/c1-19-29-17-23(30(19)18-20-8-4-2-5-9-20)13-15-33-24(31)26(32,21-10-6-3-7-11-21)22-12-14-25(27,28)16-22;/h2-11,17,22,32H,12-16,18H2,1H3;1H/t22-,26+;/m1./s1. The maximum Gasteiger partial charge on any atom is 0.343 e. The zero-order valence-electron chi connectivity index (χ0n) is 19.0. The van der Waals surface area contributed by atoms with Crippen molar-refractivity contribution in [3.05, 3.63) is 89.5 Å². The summed E-state index contributed by atoms with van der Waals surface area (Å²) in [6.45, 7) is 2.67. The Labute approximate surface area is 208 Å². The van der Waals surface area contributed by atoms with E-state index in [-0.39, 0.29) is 42.0 Å². The highest BCUT2D eigenvalue weighted by atomic mass is 79.9. The summed E-state index contributed by atoms with van der Waals surface area (Å²) in [5, 5.41) is 11.4. The van der Waals surface area contributed by atoms with Gasteiger partial charge in [-0.05, 0) is 17.5 Å². The number of ether oxygens (including phenoxy) is 1. The molecule has 2 aromatic carbocycles. The minimum atomic E-state index is -2.89. The highest BCUT2D eigenvalue weighted by Crippen LogP contribution is 2.47. The maximum absolute atomic E-state index is 13.9. The van der Waals surface area contributed by atoms with Gasteiger partial charge in [-0.25, -0.2) is 23.1 Å². The third-order valence-electron chi connectivity index (χ3n) is 6.49. The SMILES string of the molecule is Cc1[nH]cc(CCOC(=O)[C@](O)(c2ccccc2)[C@@H]2CCC(F)(F)C2)[n+]1Cc1ccccc1.[Br-]. The van der Waals surface area contributed by atoms with Crippen LogP contribution < -0.4 is 21.5 Å². The minimum absolute atomic E-state index is 0. The molecule has 1 heterocycles. The van der Waals surface area contributed by atoms with Crippen LogP contribution in [0.1, 0.15) is 41.9 Å². The highest BCUT2D eigenvalue weighted by Gasteiger charge is 2.54. The molecule has 2 N–H and O–H groups in total. The number of alkyl halides is 2. The largest absolute Gasteiger partial charge is 1.00 e. The number of benzene rings is 2. The number of carbonyl (C=O) groups excluding carboxylic acids is 1. The Balaban J connectivity index is 0.00000324. The first-order valence-corrected chi connectivity index (χ1v) is 11.2. The Bertz CT molecular complexity index is 1090.